The number of nitrogens with zero attached hydrogens (tertiary/aromatic N) is 5. The van der Waals surface area contributed by atoms with Gasteiger partial charge in [-0.25, -0.2) is 9.78 Å². The first kappa shape index (κ1) is 17.3. The number of carbonyl (C=O) groups is 1. The second-order valence-electron chi connectivity index (χ2n) is 8.60. The number of pyridine rings is 1. The van der Waals surface area contributed by atoms with E-state index in [-0.39, 0.29) is 11.4 Å². The van der Waals surface area contributed by atoms with Gasteiger partial charge in [0.15, 0.2) is 0 Å². The maximum atomic E-state index is 13.3. The third kappa shape index (κ3) is 2.79. The summed E-state index contributed by atoms with van der Waals surface area (Å²) in [6.45, 7) is 7.55. The molecule has 1 aromatic heterocycles. The highest BCUT2D eigenvalue weighted by Gasteiger charge is 2.54. The number of hydrogen-bond acceptors (Lipinski definition) is 4. The van der Waals surface area contributed by atoms with Crippen molar-refractivity contribution in [2.75, 3.05) is 61.0 Å². The Bertz CT molecular complexity index is 885. The van der Waals surface area contributed by atoms with Crippen molar-refractivity contribution in [1.82, 2.24) is 9.88 Å². The van der Waals surface area contributed by atoms with Crippen LogP contribution in [0.3, 0.4) is 0 Å². The number of urea groups is 1. The molecule has 4 heterocycles. The van der Waals surface area contributed by atoms with Crippen LogP contribution in [0.25, 0.3) is 0 Å². The van der Waals surface area contributed by atoms with Gasteiger partial charge < -0.3 is 14.7 Å². The van der Waals surface area contributed by atoms with E-state index >= 15 is 0 Å². The number of rotatable bonds is 1. The van der Waals surface area contributed by atoms with Crippen molar-refractivity contribution < 1.29 is 4.79 Å². The monoisotopic (exact) mass is 377 g/mol. The van der Waals surface area contributed by atoms with Gasteiger partial charge in [0.2, 0.25) is 0 Å². The van der Waals surface area contributed by atoms with Gasteiger partial charge in [-0.15, -0.1) is 0 Å². The molecule has 3 aliphatic heterocycles. The summed E-state index contributed by atoms with van der Waals surface area (Å²) < 4.78 is 0. The lowest BCUT2D eigenvalue weighted by Gasteiger charge is -2.60. The summed E-state index contributed by atoms with van der Waals surface area (Å²) in [7, 11) is 2.12. The van der Waals surface area contributed by atoms with Crippen molar-refractivity contribution in [1.29, 1.82) is 0 Å². The summed E-state index contributed by atoms with van der Waals surface area (Å²) >= 11 is 0. The Morgan fingerprint density at radius 3 is 2.61 bits per heavy atom. The second kappa shape index (κ2) is 6.40. The highest BCUT2D eigenvalue weighted by Crippen LogP contribution is 2.42. The minimum atomic E-state index is 0.155. The van der Waals surface area contributed by atoms with Gasteiger partial charge in [-0.2, -0.15) is 0 Å². The zero-order valence-corrected chi connectivity index (χ0v) is 16.6. The van der Waals surface area contributed by atoms with Crippen molar-refractivity contribution >= 4 is 23.2 Å². The zero-order chi connectivity index (χ0) is 19.3. The summed E-state index contributed by atoms with van der Waals surface area (Å²) in [6, 6.07) is 12.6. The largest absolute Gasteiger partial charge is 0.373 e. The van der Waals surface area contributed by atoms with Crippen LogP contribution in [0.4, 0.5) is 22.0 Å². The summed E-state index contributed by atoms with van der Waals surface area (Å²) in [5, 5.41) is 0. The molecule has 2 aromatic rings. The molecule has 0 aliphatic carbocycles. The predicted octanol–water partition coefficient (Wildman–Crippen LogP) is 2.98. The van der Waals surface area contributed by atoms with Gasteiger partial charge in [0, 0.05) is 57.9 Å². The molecule has 2 fully saturated rings. The fraction of sp³-hybridized carbons (Fsp3) is 0.455. The summed E-state index contributed by atoms with van der Waals surface area (Å²) in [5.41, 5.74) is 3.68. The Kier molecular flexibility index (Phi) is 3.96. The van der Waals surface area contributed by atoms with E-state index in [1.165, 1.54) is 5.56 Å². The number of hydrogen-bond donors (Lipinski definition) is 0. The maximum absolute atomic E-state index is 13.3. The van der Waals surface area contributed by atoms with Crippen LogP contribution in [0.15, 0.2) is 42.6 Å². The van der Waals surface area contributed by atoms with Crippen molar-refractivity contribution in [2.45, 2.75) is 13.3 Å². The van der Waals surface area contributed by atoms with Crippen LogP contribution in [-0.4, -0.2) is 62.2 Å². The topological polar surface area (TPSA) is 42.9 Å². The predicted molar refractivity (Wildman–Crippen MR) is 112 cm³/mol. The van der Waals surface area contributed by atoms with Gasteiger partial charge >= 0.3 is 6.03 Å². The molecule has 1 spiro atoms. The van der Waals surface area contributed by atoms with Gasteiger partial charge in [0.25, 0.3) is 0 Å². The van der Waals surface area contributed by atoms with Gasteiger partial charge in [-0.1, -0.05) is 12.1 Å². The van der Waals surface area contributed by atoms with Crippen LogP contribution >= 0.6 is 0 Å². The first-order valence-electron chi connectivity index (χ1n) is 10.1. The quantitative estimate of drug-likeness (QED) is 0.766. The smallest absolute Gasteiger partial charge is 0.324 e. The number of amides is 2. The highest BCUT2D eigenvalue weighted by atomic mass is 16.2. The molecule has 0 atom stereocenters. The van der Waals surface area contributed by atoms with Gasteiger partial charge in [-0.05, 0) is 43.2 Å². The molecule has 0 unspecified atom stereocenters. The molecule has 0 N–H and O–H groups in total. The average molecular weight is 377 g/mol. The van der Waals surface area contributed by atoms with Crippen LogP contribution < -0.4 is 14.7 Å². The molecule has 0 radical (unpaired) electrons. The Morgan fingerprint density at radius 2 is 1.86 bits per heavy atom. The van der Waals surface area contributed by atoms with Crippen LogP contribution in [-0.2, 0) is 0 Å². The summed E-state index contributed by atoms with van der Waals surface area (Å²) in [5.74, 6) is 1.04. The third-order valence-corrected chi connectivity index (χ3v) is 6.29. The normalized spacial score (nSPS) is 20.4. The highest BCUT2D eigenvalue weighted by molar-refractivity contribution is 5.96. The van der Waals surface area contributed by atoms with Crippen LogP contribution in [0.5, 0.6) is 0 Å². The number of carbonyl (C=O) groups excluding carboxylic acids is 1. The standard InChI is InChI=1S/C22H27N5O/c1-17-7-8-18-19(12-17)24(2)10-5-11-27(18)21(28)26-15-22(16-26)13-25(14-22)20-6-3-4-9-23-20/h3-4,6-9,12H,5,10-11,13-16H2,1-2H3. The summed E-state index contributed by atoms with van der Waals surface area (Å²) in [6.07, 6.45) is 2.83. The van der Waals surface area contributed by atoms with E-state index in [0.717, 1.165) is 62.9 Å². The van der Waals surface area contributed by atoms with Crippen molar-refractivity contribution in [3.63, 3.8) is 0 Å². The van der Waals surface area contributed by atoms with E-state index in [9.17, 15) is 4.79 Å². The first-order valence-corrected chi connectivity index (χ1v) is 10.1. The molecule has 146 valence electrons. The molecule has 6 nitrogen and oxygen atoms in total. The zero-order valence-electron chi connectivity index (χ0n) is 16.6. The van der Waals surface area contributed by atoms with E-state index in [0.29, 0.717) is 0 Å². The molecular formula is C22H27N5O. The average Bonchev–Trinajstić information content (AvgIpc) is 2.79. The molecule has 0 bridgehead atoms. The van der Waals surface area contributed by atoms with Crippen molar-refractivity contribution in [3.8, 4) is 0 Å². The van der Waals surface area contributed by atoms with Gasteiger partial charge in [0.05, 0.1) is 11.4 Å². The molecule has 0 saturated carbocycles. The fourth-order valence-corrected chi connectivity index (χ4v) is 4.81. The Hall–Kier alpha value is -2.76. The van der Waals surface area contributed by atoms with E-state index in [1.807, 2.05) is 28.1 Å². The van der Waals surface area contributed by atoms with E-state index < -0.39 is 0 Å². The minimum absolute atomic E-state index is 0.155. The molecule has 2 saturated heterocycles. The van der Waals surface area contributed by atoms with Crippen molar-refractivity contribution in [3.05, 3.63) is 48.2 Å². The minimum Gasteiger partial charge on any atom is -0.373 e. The fourth-order valence-electron chi connectivity index (χ4n) is 4.81. The molecule has 2 amide bonds. The number of aryl methyl sites for hydroxylation is 1. The van der Waals surface area contributed by atoms with E-state index in [1.54, 1.807) is 0 Å². The molecule has 6 heteroatoms. The third-order valence-electron chi connectivity index (χ3n) is 6.29. The molecule has 5 rings (SSSR count). The second-order valence-corrected chi connectivity index (χ2v) is 8.60. The van der Waals surface area contributed by atoms with Crippen LogP contribution in [0.2, 0.25) is 0 Å². The lowest BCUT2D eigenvalue weighted by molar-refractivity contribution is 0.00969. The molecule has 28 heavy (non-hydrogen) atoms. The number of likely N-dealkylation sites (tertiary alicyclic amines) is 1. The maximum Gasteiger partial charge on any atom is 0.324 e. The van der Waals surface area contributed by atoms with Crippen LogP contribution in [0, 0.1) is 12.3 Å². The molecular weight excluding hydrogens is 350 g/mol. The molecule has 1 aromatic carbocycles. The van der Waals surface area contributed by atoms with Gasteiger partial charge in [-0.3, -0.25) is 4.90 Å². The number of aromatic nitrogens is 1. The Balaban J connectivity index is 1.27. The van der Waals surface area contributed by atoms with Gasteiger partial charge in [0.1, 0.15) is 5.82 Å². The first-order chi connectivity index (χ1) is 13.5. The Labute approximate surface area is 166 Å². The lowest BCUT2D eigenvalue weighted by atomic mass is 9.73. The van der Waals surface area contributed by atoms with Crippen LogP contribution in [0.1, 0.15) is 12.0 Å². The molecule has 3 aliphatic rings. The van der Waals surface area contributed by atoms with Crippen molar-refractivity contribution in [2.24, 2.45) is 5.41 Å². The number of anilines is 3. The number of benzene rings is 1. The van der Waals surface area contributed by atoms with E-state index in [2.05, 4.69) is 53.0 Å². The number of fused-ring (bicyclic) bond motifs is 1. The summed E-state index contributed by atoms with van der Waals surface area (Å²) in [4.78, 5) is 26.3. The SMILES string of the molecule is Cc1ccc2c(c1)N(C)CCCN2C(=O)N1CC2(C1)CN(c1ccccn1)C2. The Morgan fingerprint density at radius 1 is 1.04 bits per heavy atom. The van der Waals surface area contributed by atoms with E-state index in [4.69, 9.17) is 0 Å². The lowest BCUT2D eigenvalue weighted by Crippen LogP contribution is -2.74.